The van der Waals surface area contributed by atoms with Crippen LogP contribution in [-0.4, -0.2) is 34.6 Å². The summed E-state index contributed by atoms with van der Waals surface area (Å²) in [5.41, 5.74) is 2.14. The van der Waals surface area contributed by atoms with Crippen molar-refractivity contribution in [3.63, 3.8) is 0 Å². The lowest BCUT2D eigenvalue weighted by Crippen LogP contribution is -2.32. The van der Waals surface area contributed by atoms with E-state index in [4.69, 9.17) is 9.47 Å². The van der Waals surface area contributed by atoms with E-state index in [2.05, 4.69) is 15.4 Å². The monoisotopic (exact) mass is 509 g/mol. The number of sulfonamides is 1. The van der Waals surface area contributed by atoms with E-state index in [1.54, 1.807) is 50.6 Å². The third kappa shape index (κ3) is 6.28. The molecule has 0 heterocycles. The van der Waals surface area contributed by atoms with E-state index < -0.39 is 10.0 Å². The highest BCUT2D eigenvalue weighted by Gasteiger charge is 2.22. The minimum Gasteiger partial charge on any atom is -0.493 e. The number of hydrogen-bond donors (Lipinski definition) is 3. The highest BCUT2D eigenvalue weighted by molar-refractivity contribution is 7.92. The topological polar surface area (TPSA) is 106 Å². The molecule has 0 bridgehead atoms. The van der Waals surface area contributed by atoms with Crippen molar-refractivity contribution in [1.29, 1.82) is 0 Å². The molecule has 0 saturated heterocycles. The normalized spacial score (nSPS) is 13.7. The molecule has 1 saturated carbocycles. The van der Waals surface area contributed by atoms with Crippen LogP contribution in [-0.2, 0) is 16.6 Å². The van der Waals surface area contributed by atoms with Crippen LogP contribution in [0.5, 0.6) is 11.5 Å². The fourth-order valence-corrected chi connectivity index (χ4v) is 5.37. The molecule has 0 unspecified atom stereocenters. The van der Waals surface area contributed by atoms with Gasteiger partial charge in [0.2, 0.25) is 0 Å². The first-order valence-electron chi connectivity index (χ1n) is 11.9. The van der Waals surface area contributed by atoms with Crippen molar-refractivity contribution >= 4 is 27.3 Å². The minimum absolute atomic E-state index is 0.000219. The average Bonchev–Trinajstić information content (AvgIpc) is 3.40. The lowest BCUT2D eigenvalue weighted by molar-refractivity contribution is 0.0937. The van der Waals surface area contributed by atoms with Crippen LogP contribution in [0, 0.1) is 0 Å². The number of rotatable bonds is 10. The molecule has 1 aliphatic carbocycles. The van der Waals surface area contributed by atoms with Crippen molar-refractivity contribution in [2.24, 2.45) is 0 Å². The number of benzene rings is 3. The van der Waals surface area contributed by atoms with Crippen molar-refractivity contribution in [3.05, 3.63) is 77.9 Å². The summed E-state index contributed by atoms with van der Waals surface area (Å²) in [6, 6.07) is 18.9. The van der Waals surface area contributed by atoms with E-state index in [-0.39, 0.29) is 22.4 Å². The van der Waals surface area contributed by atoms with Crippen LogP contribution in [0.15, 0.2) is 71.6 Å². The van der Waals surface area contributed by atoms with Crippen molar-refractivity contribution in [3.8, 4) is 11.5 Å². The fourth-order valence-electron chi connectivity index (χ4n) is 4.24. The van der Waals surface area contributed by atoms with Crippen molar-refractivity contribution in [1.82, 2.24) is 5.32 Å². The maximum absolute atomic E-state index is 13.2. The van der Waals surface area contributed by atoms with Crippen molar-refractivity contribution in [2.45, 2.75) is 43.2 Å². The lowest BCUT2D eigenvalue weighted by Gasteiger charge is -2.16. The molecule has 1 fully saturated rings. The molecule has 190 valence electrons. The van der Waals surface area contributed by atoms with E-state index in [0.29, 0.717) is 29.4 Å². The molecule has 3 N–H and O–H groups in total. The molecule has 0 spiro atoms. The van der Waals surface area contributed by atoms with Gasteiger partial charge in [0.25, 0.3) is 15.9 Å². The fraction of sp³-hybridized carbons (Fsp3) is 0.296. The van der Waals surface area contributed by atoms with E-state index in [9.17, 15) is 13.2 Å². The highest BCUT2D eigenvalue weighted by atomic mass is 32.2. The Morgan fingerprint density at radius 2 is 1.61 bits per heavy atom. The number of carbonyl (C=O) groups is 1. The average molecular weight is 510 g/mol. The quantitative estimate of drug-likeness (QED) is 0.363. The molecule has 8 nitrogen and oxygen atoms in total. The molecule has 1 aliphatic rings. The van der Waals surface area contributed by atoms with Gasteiger partial charge in [-0.1, -0.05) is 37.1 Å². The maximum Gasteiger partial charge on any atom is 0.261 e. The number of nitrogens with one attached hydrogen (secondary N) is 3. The summed E-state index contributed by atoms with van der Waals surface area (Å²) in [5, 5.41) is 6.29. The third-order valence-electron chi connectivity index (χ3n) is 6.14. The molecule has 36 heavy (non-hydrogen) atoms. The summed E-state index contributed by atoms with van der Waals surface area (Å²) in [5.74, 6) is 0.928. The zero-order valence-corrected chi connectivity index (χ0v) is 21.2. The summed E-state index contributed by atoms with van der Waals surface area (Å²) in [6.07, 6.45) is 4.03. The molecule has 9 heteroatoms. The number of hydrogen-bond acceptors (Lipinski definition) is 6. The Morgan fingerprint density at radius 3 is 2.31 bits per heavy atom. The first kappa shape index (κ1) is 25.4. The van der Waals surface area contributed by atoms with E-state index in [1.165, 1.54) is 12.1 Å². The minimum atomic E-state index is -3.93. The second kappa shape index (κ2) is 11.3. The summed E-state index contributed by atoms with van der Waals surface area (Å²) in [7, 11) is -0.788. The zero-order chi connectivity index (χ0) is 25.5. The zero-order valence-electron chi connectivity index (χ0n) is 20.4. The van der Waals surface area contributed by atoms with Crippen LogP contribution in [0.4, 0.5) is 11.4 Å². The van der Waals surface area contributed by atoms with Gasteiger partial charge >= 0.3 is 0 Å². The summed E-state index contributed by atoms with van der Waals surface area (Å²) < 4.78 is 39.6. The van der Waals surface area contributed by atoms with Crippen LogP contribution < -0.4 is 24.8 Å². The van der Waals surface area contributed by atoms with Crippen LogP contribution in [0.1, 0.15) is 41.6 Å². The van der Waals surface area contributed by atoms with Gasteiger partial charge in [-0.15, -0.1) is 0 Å². The van der Waals surface area contributed by atoms with Gasteiger partial charge in [-0.3, -0.25) is 9.52 Å². The van der Waals surface area contributed by atoms with E-state index in [0.717, 1.165) is 31.2 Å². The smallest absolute Gasteiger partial charge is 0.261 e. The van der Waals surface area contributed by atoms with Gasteiger partial charge in [0, 0.05) is 29.5 Å². The molecule has 0 atom stereocenters. The molecule has 0 radical (unpaired) electrons. The molecule has 3 aromatic rings. The van der Waals surface area contributed by atoms with Crippen LogP contribution >= 0.6 is 0 Å². The van der Waals surface area contributed by atoms with Gasteiger partial charge in [-0.05, 0) is 60.9 Å². The Hall–Kier alpha value is -3.72. The summed E-state index contributed by atoms with van der Waals surface area (Å²) in [6.45, 7) is 0.389. The Labute approximate surface area is 212 Å². The second-order valence-electron chi connectivity index (χ2n) is 8.72. The van der Waals surface area contributed by atoms with Crippen molar-refractivity contribution in [2.75, 3.05) is 24.3 Å². The van der Waals surface area contributed by atoms with E-state index in [1.807, 2.05) is 18.2 Å². The molecule has 0 aliphatic heterocycles. The maximum atomic E-state index is 13.2. The van der Waals surface area contributed by atoms with Gasteiger partial charge in [0.05, 0.1) is 19.1 Å². The predicted molar refractivity (Wildman–Crippen MR) is 140 cm³/mol. The van der Waals surface area contributed by atoms with Crippen LogP contribution in [0.25, 0.3) is 0 Å². The molecule has 1 amide bonds. The van der Waals surface area contributed by atoms with Gasteiger partial charge in [-0.25, -0.2) is 8.42 Å². The number of ether oxygens (including phenoxy) is 2. The van der Waals surface area contributed by atoms with Gasteiger partial charge in [0.1, 0.15) is 0 Å². The molecule has 0 aromatic heterocycles. The third-order valence-corrected chi connectivity index (χ3v) is 7.50. The first-order valence-corrected chi connectivity index (χ1v) is 13.3. The first-order chi connectivity index (χ1) is 17.4. The Kier molecular flexibility index (Phi) is 8.00. The molecule has 4 rings (SSSR count). The lowest BCUT2D eigenvalue weighted by atomic mass is 10.1. The highest BCUT2D eigenvalue weighted by Crippen LogP contribution is 2.28. The largest absolute Gasteiger partial charge is 0.493 e. The van der Waals surface area contributed by atoms with Gasteiger partial charge in [-0.2, -0.15) is 0 Å². The van der Waals surface area contributed by atoms with Crippen molar-refractivity contribution < 1.29 is 22.7 Å². The van der Waals surface area contributed by atoms with Crippen LogP contribution in [0.2, 0.25) is 0 Å². The predicted octanol–water partition coefficient (Wildman–Crippen LogP) is 4.79. The number of para-hydroxylation sites is 1. The number of carbonyl (C=O) groups excluding carboxylic acids is 1. The van der Waals surface area contributed by atoms with Gasteiger partial charge in [0.15, 0.2) is 11.5 Å². The Bertz CT molecular complexity index is 1310. The summed E-state index contributed by atoms with van der Waals surface area (Å²) in [4.78, 5) is 13.0. The van der Waals surface area contributed by atoms with Crippen LogP contribution in [0.3, 0.4) is 0 Å². The number of anilines is 2. The summed E-state index contributed by atoms with van der Waals surface area (Å²) >= 11 is 0. The number of methoxy groups -OCH3 is 2. The Morgan fingerprint density at radius 1 is 0.889 bits per heavy atom. The number of amides is 1. The molecular formula is C27H31N3O5S. The SMILES string of the molecule is COc1ccc(CNc2cc(C(=O)NC3CCCC3)cc(S(=O)(=O)Nc3ccccc3)c2)cc1OC. The van der Waals surface area contributed by atoms with E-state index >= 15 is 0 Å². The molecular weight excluding hydrogens is 478 g/mol. The van der Waals surface area contributed by atoms with Gasteiger partial charge < -0.3 is 20.1 Å². The second-order valence-corrected chi connectivity index (χ2v) is 10.4. The Balaban J connectivity index is 1.61. The molecule has 3 aromatic carbocycles. The standard InChI is InChI=1S/C27H31N3O5S/c1-34-25-13-12-19(14-26(25)35-2)18-28-23-15-20(27(31)29-21-8-6-7-9-21)16-24(17-23)36(32,33)30-22-10-4-3-5-11-22/h3-5,10-17,21,28,30H,6-9,18H2,1-2H3,(H,29,31).